The Balaban J connectivity index is 1.48. The predicted octanol–water partition coefficient (Wildman–Crippen LogP) is 7.87. The molecule has 1 aliphatic rings. The number of hydrogen-bond donors (Lipinski definition) is 2. The van der Waals surface area contributed by atoms with Gasteiger partial charge in [-0.25, -0.2) is 4.98 Å². The summed E-state index contributed by atoms with van der Waals surface area (Å²) in [5, 5.41) is 5.73. The van der Waals surface area contributed by atoms with E-state index in [2.05, 4.69) is 20.6 Å². The minimum Gasteiger partial charge on any atom is -0.490 e. The lowest BCUT2D eigenvalue weighted by Crippen LogP contribution is -2.22. The van der Waals surface area contributed by atoms with Crippen LogP contribution >= 0.6 is 0 Å². The fourth-order valence-electron chi connectivity index (χ4n) is 3.96. The molecule has 0 amide bonds. The molecular weight excluding hydrogens is 469 g/mol. The largest absolute Gasteiger partial charge is 0.490 e. The minimum atomic E-state index is -4.62. The first-order chi connectivity index (χ1) is 17.0. The molecule has 0 radical (unpaired) electrons. The number of halogens is 3. The number of benzene rings is 2. The Labute approximate surface area is 209 Å². The molecule has 4 rings (SSSR count). The lowest BCUT2D eigenvalue weighted by atomic mass is 9.98. The molecule has 0 spiro atoms. The molecule has 1 heterocycles. The molecule has 3 aromatic rings. The Bertz CT molecular complexity index is 1140. The zero-order valence-electron chi connectivity index (χ0n) is 20.7. The van der Waals surface area contributed by atoms with Crippen molar-refractivity contribution in [2.75, 3.05) is 10.6 Å². The number of aromatic nitrogens is 2. The molecule has 1 aliphatic carbocycles. The third kappa shape index (κ3) is 7.26. The van der Waals surface area contributed by atoms with E-state index < -0.39 is 11.7 Å². The van der Waals surface area contributed by atoms with Crippen LogP contribution in [0.1, 0.15) is 58.4 Å². The van der Waals surface area contributed by atoms with Crippen LogP contribution < -0.4 is 20.1 Å². The second kappa shape index (κ2) is 10.6. The molecule has 2 aromatic carbocycles. The van der Waals surface area contributed by atoms with Crippen molar-refractivity contribution >= 4 is 23.1 Å². The Morgan fingerprint density at radius 3 is 1.97 bits per heavy atom. The van der Waals surface area contributed by atoms with Gasteiger partial charge in [-0.1, -0.05) is 6.42 Å². The Morgan fingerprint density at radius 2 is 1.39 bits per heavy atom. The van der Waals surface area contributed by atoms with Crippen molar-refractivity contribution in [3.8, 4) is 11.5 Å². The number of anilines is 4. The Morgan fingerprint density at radius 1 is 0.806 bits per heavy atom. The minimum absolute atomic E-state index is 0.0409. The van der Waals surface area contributed by atoms with Crippen molar-refractivity contribution in [1.29, 1.82) is 0 Å². The maximum absolute atomic E-state index is 13.6. The van der Waals surface area contributed by atoms with Crippen molar-refractivity contribution in [2.45, 2.75) is 70.8 Å². The fourth-order valence-corrected chi connectivity index (χ4v) is 3.96. The maximum atomic E-state index is 13.6. The summed E-state index contributed by atoms with van der Waals surface area (Å²) >= 11 is 0. The molecule has 0 aliphatic heterocycles. The zero-order valence-corrected chi connectivity index (χ0v) is 20.7. The molecule has 0 saturated heterocycles. The smallest absolute Gasteiger partial charge is 0.421 e. The van der Waals surface area contributed by atoms with Crippen LogP contribution in [0.15, 0.2) is 54.7 Å². The van der Waals surface area contributed by atoms with Gasteiger partial charge in [0.05, 0.1) is 6.10 Å². The van der Waals surface area contributed by atoms with E-state index in [-0.39, 0.29) is 23.5 Å². The van der Waals surface area contributed by atoms with Crippen LogP contribution in [0.4, 0.5) is 36.3 Å². The summed E-state index contributed by atoms with van der Waals surface area (Å²) < 4.78 is 52.7. The highest BCUT2D eigenvalue weighted by atomic mass is 19.4. The molecule has 2 N–H and O–H groups in total. The molecular formula is C27H31F3N4O2. The SMILES string of the molecule is CC(C)(C)Oc1ccc(Nc2nc(Nc3ccc(OC4CCCCC4)cc3)ncc2C(F)(F)F)cc1. The van der Waals surface area contributed by atoms with Gasteiger partial charge in [0.25, 0.3) is 0 Å². The Hall–Kier alpha value is -3.49. The average Bonchev–Trinajstić information content (AvgIpc) is 2.81. The van der Waals surface area contributed by atoms with E-state index in [0.29, 0.717) is 17.1 Å². The van der Waals surface area contributed by atoms with Crippen molar-refractivity contribution in [3.05, 3.63) is 60.3 Å². The fraction of sp³-hybridized carbons (Fsp3) is 0.407. The highest BCUT2D eigenvalue weighted by Gasteiger charge is 2.35. The maximum Gasteiger partial charge on any atom is 0.421 e. The van der Waals surface area contributed by atoms with Crippen LogP contribution in [0, 0.1) is 0 Å². The van der Waals surface area contributed by atoms with Gasteiger partial charge in [0.1, 0.15) is 28.5 Å². The van der Waals surface area contributed by atoms with Gasteiger partial charge in [0.2, 0.25) is 5.95 Å². The number of hydrogen-bond acceptors (Lipinski definition) is 6. The van der Waals surface area contributed by atoms with E-state index >= 15 is 0 Å². The van der Waals surface area contributed by atoms with Crippen LogP contribution in [0.5, 0.6) is 11.5 Å². The van der Waals surface area contributed by atoms with Gasteiger partial charge in [-0.05, 0) is 95.0 Å². The predicted molar refractivity (Wildman–Crippen MR) is 134 cm³/mol. The molecule has 1 fully saturated rings. The standard InChI is InChI=1S/C27H31F3N4O2/c1-26(2,3)36-22-15-11-18(12-16-22)32-24-23(27(28,29)30)17-31-25(34-24)33-19-9-13-21(14-10-19)35-20-7-5-4-6-8-20/h9-17,20H,4-8H2,1-3H3,(H2,31,32,33,34). The molecule has 0 unspecified atom stereocenters. The van der Waals surface area contributed by atoms with E-state index in [9.17, 15) is 13.2 Å². The summed E-state index contributed by atoms with van der Waals surface area (Å²) in [5.74, 6) is 1.08. The third-order valence-electron chi connectivity index (χ3n) is 5.60. The monoisotopic (exact) mass is 500 g/mol. The summed E-state index contributed by atoms with van der Waals surface area (Å²) in [7, 11) is 0. The summed E-state index contributed by atoms with van der Waals surface area (Å²) in [6.07, 6.45) is 2.12. The first kappa shape index (κ1) is 25.6. The van der Waals surface area contributed by atoms with E-state index in [4.69, 9.17) is 9.47 Å². The van der Waals surface area contributed by atoms with Crippen LogP contribution in [-0.4, -0.2) is 21.7 Å². The van der Waals surface area contributed by atoms with Crippen molar-refractivity contribution in [2.24, 2.45) is 0 Å². The summed E-state index contributed by atoms with van der Waals surface area (Å²) in [4.78, 5) is 7.99. The van der Waals surface area contributed by atoms with E-state index in [1.165, 1.54) is 19.3 Å². The molecule has 6 nitrogen and oxygen atoms in total. The van der Waals surface area contributed by atoms with Gasteiger partial charge in [-0.2, -0.15) is 18.2 Å². The number of ether oxygens (including phenoxy) is 2. The van der Waals surface area contributed by atoms with Crippen molar-refractivity contribution in [1.82, 2.24) is 9.97 Å². The molecule has 192 valence electrons. The lowest BCUT2D eigenvalue weighted by Gasteiger charge is -2.23. The first-order valence-corrected chi connectivity index (χ1v) is 12.1. The van der Waals surface area contributed by atoms with Gasteiger partial charge < -0.3 is 20.1 Å². The van der Waals surface area contributed by atoms with E-state index in [0.717, 1.165) is 24.8 Å². The number of nitrogens with zero attached hydrogens (tertiary/aromatic N) is 2. The quantitative estimate of drug-likeness (QED) is 0.344. The topological polar surface area (TPSA) is 68.3 Å². The second-order valence-corrected chi connectivity index (χ2v) is 9.84. The van der Waals surface area contributed by atoms with Gasteiger partial charge in [0, 0.05) is 17.6 Å². The summed E-state index contributed by atoms with van der Waals surface area (Å²) in [6.45, 7) is 5.75. The third-order valence-corrected chi connectivity index (χ3v) is 5.60. The highest BCUT2D eigenvalue weighted by Crippen LogP contribution is 2.36. The van der Waals surface area contributed by atoms with Gasteiger partial charge in [-0.15, -0.1) is 0 Å². The van der Waals surface area contributed by atoms with Crippen LogP contribution in [0.3, 0.4) is 0 Å². The highest BCUT2D eigenvalue weighted by molar-refractivity contribution is 5.63. The zero-order chi connectivity index (χ0) is 25.8. The summed E-state index contributed by atoms with van der Waals surface area (Å²) in [5.41, 5.74) is -0.262. The Kier molecular flexibility index (Phi) is 7.56. The van der Waals surface area contributed by atoms with Crippen LogP contribution in [0.2, 0.25) is 0 Å². The van der Waals surface area contributed by atoms with Gasteiger partial charge in [0.15, 0.2) is 0 Å². The first-order valence-electron chi connectivity index (χ1n) is 12.1. The lowest BCUT2D eigenvalue weighted by molar-refractivity contribution is -0.137. The molecule has 0 atom stereocenters. The molecule has 1 aromatic heterocycles. The number of rotatable bonds is 7. The van der Waals surface area contributed by atoms with Crippen molar-refractivity contribution in [3.63, 3.8) is 0 Å². The molecule has 0 bridgehead atoms. The van der Waals surface area contributed by atoms with Gasteiger partial charge in [-0.3, -0.25) is 0 Å². The van der Waals surface area contributed by atoms with E-state index in [1.807, 2.05) is 32.9 Å². The number of alkyl halides is 3. The van der Waals surface area contributed by atoms with Crippen LogP contribution in [0.25, 0.3) is 0 Å². The van der Waals surface area contributed by atoms with Crippen LogP contribution in [-0.2, 0) is 6.18 Å². The normalized spacial score (nSPS) is 14.8. The number of nitrogens with one attached hydrogen (secondary N) is 2. The summed E-state index contributed by atoms with van der Waals surface area (Å²) in [6, 6.07) is 13.9. The van der Waals surface area contributed by atoms with Crippen molar-refractivity contribution < 1.29 is 22.6 Å². The molecule has 9 heteroatoms. The average molecular weight is 501 g/mol. The second-order valence-electron chi connectivity index (χ2n) is 9.84. The molecule has 36 heavy (non-hydrogen) atoms. The van der Waals surface area contributed by atoms with E-state index in [1.54, 1.807) is 36.4 Å². The molecule has 1 saturated carbocycles. The van der Waals surface area contributed by atoms with Gasteiger partial charge >= 0.3 is 6.18 Å².